The van der Waals surface area contributed by atoms with Crippen LogP contribution in [0, 0.1) is 5.41 Å². The van der Waals surface area contributed by atoms with Crippen LogP contribution in [0.3, 0.4) is 0 Å². The molecule has 0 fully saturated rings. The molecule has 0 saturated carbocycles. The van der Waals surface area contributed by atoms with Crippen molar-refractivity contribution >= 4 is 46.1 Å². The molecule has 0 bridgehead atoms. The van der Waals surface area contributed by atoms with Crippen molar-refractivity contribution in [1.82, 2.24) is 25.1 Å². The van der Waals surface area contributed by atoms with Gasteiger partial charge >= 0.3 is 0 Å². The molecule has 0 atom stereocenters. The molecule has 150 valence electrons. The van der Waals surface area contributed by atoms with Crippen LogP contribution in [0.1, 0.15) is 41.5 Å². The molecule has 0 unspecified atom stereocenters. The number of nitrogens with one attached hydrogen (secondary N) is 2. The number of hydrogen-bond acceptors (Lipinski definition) is 6. The van der Waals surface area contributed by atoms with Crippen molar-refractivity contribution in [3.05, 3.63) is 6.20 Å². The predicted octanol–water partition coefficient (Wildman–Crippen LogP) is 3.53. The Hall–Kier alpha value is -1.54. The molecule has 0 aliphatic rings. The van der Waals surface area contributed by atoms with Gasteiger partial charge < -0.3 is 10.6 Å². The van der Waals surface area contributed by atoms with Gasteiger partial charge in [0.15, 0.2) is 10.8 Å². The van der Waals surface area contributed by atoms with Crippen molar-refractivity contribution in [2.45, 2.75) is 64.5 Å². The van der Waals surface area contributed by atoms with Gasteiger partial charge in [-0.25, -0.2) is 14.6 Å². The molecule has 27 heavy (non-hydrogen) atoms. The van der Waals surface area contributed by atoms with Gasteiger partial charge in [-0.3, -0.25) is 4.79 Å². The third-order valence-electron chi connectivity index (χ3n) is 3.80. The number of carbonyl (C=O) groups excluding carboxylic acids is 1. The van der Waals surface area contributed by atoms with Crippen LogP contribution in [0.4, 0.5) is 5.82 Å². The van der Waals surface area contributed by atoms with E-state index in [1.54, 1.807) is 22.6 Å². The lowest BCUT2D eigenvalue weighted by Crippen LogP contribution is -2.39. The minimum atomic E-state index is -0.592. The fraction of sp³-hybridized carbons (Fsp3) is 0.667. The predicted molar refractivity (Wildman–Crippen MR) is 113 cm³/mol. The maximum absolute atomic E-state index is 12.2. The highest BCUT2D eigenvalue weighted by atomic mass is 35.5. The summed E-state index contributed by atoms with van der Waals surface area (Å²) in [7, 11) is 0. The number of anilines is 1. The quantitative estimate of drug-likeness (QED) is 0.372. The highest BCUT2D eigenvalue weighted by Gasteiger charge is 2.26. The normalized spacial score (nSPS) is 12.2. The Bertz CT molecular complexity index is 789. The summed E-state index contributed by atoms with van der Waals surface area (Å²) in [4.78, 5) is 21.5. The Morgan fingerprint density at radius 2 is 2.00 bits per heavy atom. The summed E-state index contributed by atoms with van der Waals surface area (Å²) in [6.45, 7) is 13.0. The highest BCUT2D eigenvalue weighted by Crippen LogP contribution is 2.27. The number of thioether (sulfide) groups is 1. The SMILES string of the molecule is CC(C)Nc1nc(SC(C)C)nc2c1cnn2CCNC(=O)C(C)(C)CCl. The van der Waals surface area contributed by atoms with Gasteiger partial charge in [0.05, 0.1) is 23.5 Å². The standard InChI is InChI=1S/C18H29ClN6OS/c1-11(2)22-14-13-9-21-25(8-7-20-16(26)18(5,6)10-19)15(13)24-17(23-14)27-12(3)4/h9,11-12H,7-8,10H2,1-6H3,(H,20,26)(H,22,23,24). The molecular weight excluding hydrogens is 384 g/mol. The van der Waals surface area contributed by atoms with E-state index in [2.05, 4.69) is 53.4 Å². The van der Waals surface area contributed by atoms with E-state index in [9.17, 15) is 4.79 Å². The number of fused-ring (bicyclic) bond motifs is 1. The largest absolute Gasteiger partial charge is 0.367 e. The van der Waals surface area contributed by atoms with E-state index in [-0.39, 0.29) is 17.8 Å². The first kappa shape index (κ1) is 21.8. The second-order valence-electron chi connectivity index (χ2n) is 7.70. The Morgan fingerprint density at radius 3 is 2.59 bits per heavy atom. The Balaban J connectivity index is 2.23. The molecule has 0 aliphatic carbocycles. The third kappa shape index (κ3) is 5.72. The van der Waals surface area contributed by atoms with Crippen molar-refractivity contribution in [3.63, 3.8) is 0 Å². The molecule has 2 N–H and O–H groups in total. The number of nitrogens with zero attached hydrogens (tertiary/aromatic N) is 4. The Morgan fingerprint density at radius 1 is 1.30 bits per heavy atom. The first-order chi connectivity index (χ1) is 12.6. The van der Waals surface area contributed by atoms with Gasteiger partial charge in [-0.15, -0.1) is 11.6 Å². The number of alkyl halides is 1. The summed E-state index contributed by atoms with van der Waals surface area (Å²) in [6, 6.07) is 0.250. The van der Waals surface area contributed by atoms with Gasteiger partial charge in [0.2, 0.25) is 5.91 Å². The molecule has 0 radical (unpaired) electrons. The lowest BCUT2D eigenvalue weighted by Gasteiger charge is -2.20. The maximum Gasteiger partial charge on any atom is 0.226 e. The van der Waals surface area contributed by atoms with Gasteiger partial charge in [0, 0.05) is 23.7 Å². The second kappa shape index (κ2) is 9.10. The van der Waals surface area contributed by atoms with Crippen LogP contribution in [0.2, 0.25) is 0 Å². The zero-order chi connectivity index (χ0) is 20.2. The second-order valence-corrected chi connectivity index (χ2v) is 9.51. The fourth-order valence-corrected chi connectivity index (χ4v) is 3.15. The van der Waals surface area contributed by atoms with Gasteiger partial charge in [-0.1, -0.05) is 25.6 Å². The number of hydrogen-bond donors (Lipinski definition) is 2. The zero-order valence-corrected chi connectivity index (χ0v) is 18.4. The molecule has 2 aromatic heterocycles. The number of halogens is 1. The summed E-state index contributed by atoms with van der Waals surface area (Å²) >= 11 is 7.47. The molecule has 0 spiro atoms. The smallest absolute Gasteiger partial charge is 0.226 e. The van der Waals surface area contributed by atoms with Crippen molar-refractivity contribution in [3.8, 4) is 0 Å². The highest BCUT2D eigenvalue weighted by molar-refractivity contribution is 7.99. The monoisotopic (exact) mass is 412 g/mol. The average Bonchev–Trinajstić information content (AvgIpc) is 2.97. The van der Waals surface area contributed by atoms with Gasteiger partial charge in [0.25, 0.3) is 0 Å². The molecule has 1 amide bonds. The summed E-state index contributed by atoms with van der Waals surface area (Å²) in [6.07, 6.45) is 1.77. The Kier molecular flexibility index (Phi) is 7.33. The van der Waals surface area contributed by atoms with E-state index < -0.39 is 5.41 Å². The number of amides is 1. The minimum Gasteiger partial charge on any atom is -0.367 e. The number of carbonyl (C=O) groups is 1. The van der Waals surface area contributed by atoms with Crippen molar-refractivity contribution < 1.29 is 4.79 Å². The van der Waals surface area contributed by atoms with E-state index in [0.29, 0.717) is 18.3 Å². The van der Waals surface area contributed by atoms with Crippen LogP contribution in [-0.2, 0) is 11.3 Å². The van der Waals surface area contributed by atoms with Crippen LogP contribution in [0.25, 0.3) is 11.0 Å². The average molecular weight is 413 g/mol. The summed E-state index contributed by atoms with van der Waals surface area (Å²) in [5, 5.41) is 12.7. The molecular formula is C18H29ClN6OS. The molecule has 2 rings (SSSR count). The third-order valence-corrected chi connectivity index (χ3v) is 5.33. The molecule has 9 heteroatoms. The van der Waals surface area contributed by atoms with Crippen LogP contribution >= 0.6 is 23.4 Å². The molecule has 7 nitrogen and oxygen atoms in total. The zero-order valence-electron chi connectivity index (χ0n) is 16.8. The van der Waals surface area contributed by atoms with Crippen molar-refractivity contribution in [2.24, 2.45) is 5.41 Å². The van der Waals surface area contributed by atoms with Gasteiger partial charge in [-0.05, 0) is 27.7 Å². The lowest BCUT2D eigenvalue weighted by atomic mass is 9.95. The summed E-state index contributed by atoms with van der Waals surface area (Å²) < 4.78 is 1.81. The summed E-state index contributed by atoms with van der Waals surface area (Å²) in [5.41, 5.74) is 0.174. The van der Waals surface area contributed by atoms with E-state index in [0.717, 1.165) is 22.0 Å². The van der Waals surface area contributed by atoms with E-state index >= 15 is 0 Å². The lowest BCUT2D eigenvalue weighted by molar-refractivity contribution is -0.128. The minimum absolute atomic E-state index is 0.0678. The van der Waals surface area contributed by atoms with Gasteiger partial charge in [0.1, 0.15) is 5.82 Å². The van der Waals surface area contributed by atoms with Crippen LogP contribution in [0.5, 0.6) is 0 Å². The van der Waals surface area contributed by atoms with Crippen molar-refractivity contribution in [2.75, 3.05) is 17.7 Å². The molecule has 0 aromatic carbocycles. The topological polar surface area (TPSA) is 84.7 Å². The van der Waals surface area contributed by atoms with E-state index in [1.165, 1.54) is 0 Å². The Labute approximate surface area is 170 Å². The van der Waals surface area contributed by atoms with Crippen LogP contribution < -0.4 is 10.6 Å². The van der Waals surface area contributed by atoms with E-state index in [1.807, 2.05) is 13.8 Å². The maximum atomic E-state index is 12.2. The van der Waals surface area contributed by atoms with Crippen LogP contribution in [0.15, 0.2) is 11.4 Å². The first-order valence-corrected chi connectivity index (χ1v) is 10.6. The molecule has 0 aliphatic heterocycles. The first-order valence-electron chi connectivity index (χ1n) is 9.15. The van der Waals surface area contributed by atoms with Gasteiger partial charge in [-0.2, -0.15) is 5.10 Å². The van der Waals surface area contributed by atoms with Crippen molar-refractivity contribution in [1.29, 1.82) is 0 Å². The number of rotatable bonds is 9. The fourth-order valence-electron chi connectivity index (χ4n) is 2.32. The molecule has 2 aromatic rings. The van der Waals surface area contributed by atoms with Crippen LogP contribution in [-0.4, -0.2) is 49.4 Å². The number of aromatic nitrogens is 4. The molecule has 2 heterocycles. The molecule has 0 saturated heterocycles. The van der Waals surface area contributed by atoms with E-state index in [4.69, 9.17) is 11.6 Å². The summed E-state index contributed by atoms with van der Waals surface area (Å²) in [5.74, 6) is 0.995.